The van der Waals surface area contributed by atoms with Crippen LogP contribution in [-0.2, 0) is 0 Å². The molecule has 136 valence electrons. The smallest absolute Gasteiger partial charge is 0.200 e. The maximum atomic E-state index is 10.0. The monoisotopic (exact) mass is 378 g/mol. The van der Waals surface area contributed by atoms with Crippen molar-refractivity contribution >= 4 is 23.0 Å². The number of aromatic hydroxyl groups is 1. The molecule has 0 amide bonds. The number of ether oxygens (including phenoxy) is 2. The molecule has 0 saturated carbocycles. The molecular weight excluding hydrogens is 360 g/mol. The van der Waals surface area contributed by atoms with E-state index in [1.165, 1.54) is 31.1 Å². The van der Waals surface area contributed by atoms with Crippen molar-refractivity contribution in [3.8, 4) is 34.6 Å². The number of nitriles is 1. The predicted octanol–water partition coefficient (Wildman–Crippen LogP) is 4.91. The van der Waals surface area contributed by atoms with Crippen molar-refractivity contribution in [2.24, 2.45) is 0 Å². The van der Waals surface area contributed by atoms with E-state index >= 15 is 0 Å². The van der Waals surface area contributed by atoms with Crippen LogP contribution in [-0.4, -0.2) is 24.3 Å². The van der Waals surface area contributed by atoms with Crippen LogP contribution in [0.5, 0.6) is 17.2 Å². The van der Waals surface area contributed by atoms with Gasteiger partial charge in [0, 0.05) is 10.9 Å². The van der Waals surface area contributed by atoms with Gasteiger partial charge in [0.1, 0.15) is 11.1 Å². The summed E-state index contributed by atoms with van der Waals surface area (Å²) in [7, 11) is 2.92. The Morgan fingerprint density at radius 2 is 1.78 bits per heavy atom. The Balaban J connectivity index is 1.98. The average Bonchev–Trinajstić information content (AvgIpc) is 3.17. The third kappa shape index (κ3) is 3.94. The molecule has 0 saturated heterocycles. The highest BCUT2D eigenvalue weighted by Crippen LogP contribution is 2.38. The normalized spacial score (nSPS) is 11.1. The maximum Gasteiger partial charge on any atom is 0.200 e. The van der Waals surface area contributed by atoms with Crippen LogP contribution in [0.25, 0.3) is 22.9 Å². The number of hydrogen-bond acceptors (Lipinski definition) is 6. The van der Waals surface area contributed by atoms with Crippen molar-refractivity contribution in [2.45, 2.75) is 6.92 Å². The van der Waals surface area contributed by atoms with Crippen LogP contribution in [0.3, 0.4) is 0 Å². The van der Waals surface area contributed by atoms with Gasteiger partial charge in [-0.05, 0) is 30.7 Å². The largest absolute Gasteiger partial charge is 0.502 e. The molecule has 0 aliphatic rings. The number of allylic oxidation sites excluding steroid dienone is 1. The van der Waals surface area contributed by atoms with Crippen LogP contribution in [0.15, 0.2) is 41.8 Å². The summed E-state index contributed by atoms with van der Waals surface area (Å²) >= 11 is 1.41. The fourth-order valence-electron chi connectivity index (χ4n) is 2.56. The number of methoxy groups -OCH3 is 2. The minimum absolute atomic E-state index is 0.0773. The van der Waals surface area contributed by atoms with Gasteiger partial charge in [-0.25, -0.2) is 4.98 Å². The van der Waals surface area contributed by atoms with Gasteiger partial charge >= 0.3 is 0 Å². The lowest BCUT2D eigenvalue weighted by Crippen LogP contribution is -1.90. The van der Waals surface area contributed by atoms with Crippen molar-refractivity contribution in [1.29, 1.82) is 5.26 Å². The number of thiazole rings is 1. The highest BCUT2D eigenvalue weighted by molar-refractivity contribution is 7.11. The van der Waals surface area contributed by atoms with Crippen LogP contribution >= 0.6 is 11.3 Å². The van der Waals surface area contributed by atoms with Crippen LogP contribution < -0.4 is 9.47 Å². The first-order valence-electron chi connectivity index (χ1n) is 8.15. The summed E-state index contributed by atoms with van der Waals surface area (Å²) in [5.74, 6) is 0.473. The third-order valence-electron chi connectivity index (χ3n) is 4.02. The Bertz CT molecular complexity index is 1010. The zero-order valence-corrected chi connectivity index (χ0v) is 16.0. The molecule has 0 fully saturated rings. The molecule has 0 spiro atoms. The molecule has 0 radical (unpaired) electrons. The predicted molar refractivity (Wildman–Crippen MR) is 107 cm³/mol. The molecular formula is C21H18N2O3S. The van der Waals surface area contributed by atoms with Gasteiger partial charge < -0.3 is 14.6 Å². The molecule has 27 heavy (non-hydrogen) atoms. The molecule has 1 aromatic heterocycles. The number of phenolic OH excluding ortho intramolecular Hbond substituents is 1. The summed E-state index contributed by atoms with van der Waals surface area (Å²) in [6.07, 6.45) is 1.70. The standard InChI is InChI=1S/C21H18N2O3S/c1-13-4-6-15(7-5-13)17-12-27-21(23-17)16(11-22)8-14-9-18(25-2)20(24)19(10-14)26-3/h4-10,12,24H,1-3H3/b16-8+. The second-order valence-electron chi connectivity index (χ2n) is 5.85. The number of aryl methyl sites for hydroxylation is 1. The number of benzene rings is 2. The van der Waals surface area contributed by atoms with Gasteiger partial charge in [-0.3, -0.25) is 0 Å². The third-order valence-corrected chi connectivity index (χ3v) is 4.89. The van der Waals surface area contributed by atoms with Gasteiger partial charge in [-0.1, -0.05) is 29.8 Å². The Morgan fingerprint density at radius 1 is 1.15 bits per heavy atom. The van der Waals surface area contributed by atoms with Crippen molar-refractivity contribution in [1.82, 2.24) is 4.98 Å². The topological polar surface area (TPSA) is 75.4 Å². The molecule has 3 aromatic rings. The number of rotatable bonds is 5. The van der Waals surface area contributed by atoms with Crippen molar-refractivity contribution in [3.05, 3.63) is 57.9 Å². The molecule has 0 unspecified atom stereocenters. The summed E-state index contributed by atoms with van der Waals surface area (Å²) in [5, 5.41) is 22.2. The molecule has 0 bridgehead atoms. The van der Waals surface area contributed by atoms with Crippen LogP contribution in [0.1, 0.15) is 16.1 Å². The highest BCUT2D eigenvalue weighted by Gasteiger charge is 2.13. The fourth-order valence-corrected chi connectivity index (χ4v) is 3.35. The number of nitrogens with zero attached hydrogens (tertiary/aromatic N) is 2. The zero-order valence-electron chi connectivity index (χ0n) is 15.2. The van der Waals surface area contributed by atoms with Gasteiger partial charge in [-0.15, -0.1) is 11.3 Å². The van der Waals surface area contributed by atoms with E-state index in [2.05, 4.69) is 11.1 Å². The molecule has 0 aliphatic carbocycles. The molecule has 5 nitrogen and oxygen atoms in total. The second kappa shape index (κ2) is 7.94. The van der Waals surface area contributed by atoms with Crippen molar-refractivity contribution in [3.63, 3.8) is 0 Å². The summed E-state index contributed by atoms with van der Waals surface area (Å²) in [4.78, 5) is 4.60. The minimum Gasteiger partial charge on any atom is -0.502 e. The molecule has 1 N–H and O–H groups in total. The van der Waals surface area contributed by atoms with E-state index in [0.717, 1.165) is 11.3 Å². The molecule has 0 aliphatic heterocycles. The minimum atomic E-state index is -0.0773. The lowest BCUT2D eigenvalue weighted by molar-refractivity contribution is 0.340. The number of aromatic nitrogens is 1. The summed E-state index contributed by atoms with van der Waals surface area (Å²) in [5.41, 5.74) is 4.12. The summed E-state index contributed by atoms with van der Waals surface area (Å²) in [6, 6.07) is 13.6. The second-order valence-corrected chi connectivity index (χ2v) is 6.71. The van der Waals surface area contributed by atoms with Crippen LogP contribution in [0, 0.1) is 18.3 Å². The van der Waals surface area contributed by atoms with Gasteiger partial charge in [-0.2, -0.15) is 5.26 Å². The molecule has 2 aromatic carbocycles. The molecule has 1 heterocycles. The van der Waals surface area contributed by atoms with Gasteiger partial charge in [0.25, 0.3) is 0 Å². The SMILES string of the molecule is COc1cc(/C=C(\C#N)c2nc(-c3ccc(C)cc3)cs2)cc(OC)c1O. The van der Waals surface area contributed by atoms with E-state index in [1.54, 1.807) is 18.2 Å². The van der Waals surface area contributed by atoms with E-state index in [9.17, 15) is 10.4 Å². The van der Waals surface area contributed by atoms with Crippen molar-refractivity contribution in [2.75, 3.05) is 14.2 Å². The molecule has 0 atom stereocenters. The van der Waals surface area contributed by atoms with E-state index < -0.39 is 0 Å². The number of hydrogen-bond donors (Lipinski definition) is 1. The molecule has 6 heteroatoms. The van der Waals surface area contributed by atoms with Gasteiger partial charge in [0.2, 0.25) is 5.75 Å². The first-order chi connectivity index (χ1) is 13.0. The van der Waals surface area contributed by atoms with E-state index in [-0.39, 0.29) is 17.2 Å². The van der Waals surface area contributed by atoms with E-state index in [0.29, 0.717) is 16.1 Å². The number of phenols is 1. The maximum absolute atomic E-state index is 10.0. The Hall–Kier alpha value is -3.30. The average molecular weight is 378 g/mol. The Morgan fingerprint density at radius 3 is 2.33 bits per heavy atom. The molecule has 3 rings (SSSR count). The van der Waals surface area contributed by atoms with E-state index in [1.807, 2.05) is 36.6 Å². The van der Waals surface area contributed by atoms with Gasteiger partial charge in [0.05, 0.1) is 25.5 Å². The van der Waals surface area contributed by atoms with E-state index in [4.69, 9.17) is 9.47 Å². The first-order valence-corrected chi connectivity index (χ1v) is 9.03. The zero-order chi connectivity index (χ0) is 19.4. The Labute approximate surface area is 161 Å². The van der Waals surface area contributed by atoms with Gasteiger partial charge in [0.15, 0.2) is 11.5 Å². The van der Waals surface area contributed by atoms with Crippen LogP contribution in [0.2, 0.25) is 0 Å². The quantitative estimate of drug-likeness (QED) is 0.639. The Kier molecular flexibility index (Phi) is 5.43. The highest BCUT2D eigenvalue weighted by atomic mass is 32.1. The fraction of sp³-hybridized carbons (Fsp3) is 0.143. The lowest BCUT2D eigenvalue weighted by Gasteiger charge is -2.09. The lowest BCUT2D eigenvalue weighted by atomic mass is 10.1. The summed E-state index contributed by atoms with van der Waals surface area (Å²) in [6.45, 7) is 2.03. The first kappa shape index (κ1) is 18.5. The van der Waals surface area contributed by atoms with Crippen LogP contribution in [0.4, 0.5) is 0 Å². The summed E-state index contributed by atoms with van der Waals surface area (Å²) < 4.78 is 10.3. The van der Waals surface area contributed by atoms with Crippen molar-refractivity contribution < 1.29 is 14.6 Å².